The van der Waals surface area contributed by atoms with Gasteiger partial charge in [0.15, 0.2) is 0 Å². The minimum Gasteiger partial charge on any atom is -0.399 e. The molecule has 1 heterocycles. The molecule has 25 heavy (non-hydrogen) atoms. The molecule has 1 aliphatic heterocycles. The van der Waals surface area contributed by atoms with Crippen molar-refractivity contribution in [2.45, 2.75) is 38.9 Å². The number of nitrogens with one attached hydrogen (secondary N) is 2. The third-order valence-electron chi connectivity index (χ3n) is 5.55. The summed E-state index contributed by atoms with van der Waals surface area (Å²) < 4.78 is 12.3. The standard InChI is InChI=1S/C20H21BN2O2/c1-19(2)20(3,4)25-21(24-19)14-9-7-12-5-6-13-8-10-16(22)18(23)17(13)15(12)11-14/h5-11,22-23H,1-4H3. The van der Waals surface area contributed by atoms with Gasteiger partial charge in [-0.3, -0.25) is 10.8 Å². The molecule has 0 radical (unpaired) electrons. The predicted octanol–water partition coefficient (Wildman–Crippen LogP) is 3.55. The van der Waals surface area contributed by atoms with E-state index in [4.69, 9.17) is 20.1 Å². The normalized spacial score (nSPS) is 21.0. The summed E-state index contributed by atoms with van der Waals surface area (Å²) in [6.07, 6.45) is 3.57. The van der Waals surface area contributed by atoms with Crippen LogP contribution in [0.5, 0.6) is 0 Å². The van der Waals surface area contributed by atoms with Gasteiger partial charge in [-0.1, -0.05) is 36.4 Å². The van der Waals surface area contributed by atoms with Gasteiger partial charge >= 0.3 is 7.12 Å². The molecule has 5 heteroatoms. The van der Waals surface area contributed by atoms with Crippen LogP contribution in [0.1, 0.15) is 38.8 Å². The van der Waals surface area contributed by atoms with Crippen molar-refractivity contribution >= 4 is 40.9 Å². The first kappa shape index (κ1) is 16.2. The lowest BCUT2D eigenvalue weighted by atomic mass is 9.77. The van der Waals surface area contributed by atoms with E-state index in [0.29, 0.717) is 0 Å². The van der Waals surface area contributed by atoms with Crippen LogP contribution in [-0.4, -0.2) is 29.7 Å². The Morgan fingerprint density at radius 1 is 0.880 bits per heavy atom. The molecule has 0 spiro atoms. The van der Waals surface area contributed by atoms with Gasteiger partial charge in [-0.05, 0) is 55.6 Å². The van der Waals surface area contributed by atoms with E-state index >= 15 is 0 Å². The van der Waals surface area contributed by atoms with Crippen LogP contribution in [0.15, 0.2) is 36.4 Å². The van der Waals surface area contributed by atoms with Crippen molar-refractivity contribution in [2.24, 2.45) is 0 Å². The van der Waals surface area contributed by atoms with E-state index in [1.54, 1.807) is 6.08 Å². The highest BCUT2D eigenvalue weighted by Crippen LogP contribution is 2.37. The van der Waals surface area contributed by atoms with Crippen molar-refractivity contribution in [3.63, 3.8) is 0 Å². The highest BCUT2D eigenvalue weighted by molar-refractivity contribution is 6.62. The lowest BCUT2D eigenvalue weighted by Gasteiger charge is -2.32. The van der Waals surface area contributed by atoms with E-state index < -0.39 is 7.12 Å². The molecule has 0 aromatic heterocycles. The average Bonchev–Trinajstić information content (AvgIpc) is 2.78. The van der Waals surface area contributed by atoms with Gasteiger partial charge in [0.05, 0.1) is 22.6 Å². The van der Waals surface area contributed by atoms with Crippen LogP contribution in [0.25, 0.3) is 16.8 Å². The molecule has 1 saturated heterocycles. The number of allylic oxidation sites excluding steroid dienone is 1. The maximum absolute atomic E-state index is 8.33. The van der Waals surface area contributed by atoms with E-state index in [1.807, 2.05) is 58.0 Å². The summed E-state index contributed by atoms with van der Waals surface area (Å²) in [6.45, 7) is 8.16. The SMILES string of the molecule is CC1(C)OB(c2ccc3ccc4c(c3c2)C(=N)C(=N)C=C4)OC1(C)C. The molecule has 0 bridgehead atoms. The fraction of sp³-hybridized carbons (Fsp3) is 0.300. The minimum atomic E-state index is -0.432. The average molecular weight is 332 g/mol. The summed E-state index contributed by atoms with van der Waals surface area (Å²) >= 11 is 0. The van der Waals surface area contributed by atoms with Gasteiger partial charge in [-0.2, -0.15) is 0 Å². The van der Waals surface area contributed by atoms with Crippen LogP contribution in [-0.2, 0) is 9.31 Å². The zero-order chi connectivity index (χ0) is 18.0. The lowest BCUT2D eigenvalue weighted by Crippen LogP contribution is -2.41. The summed E-state index contributed by atoms with van der Waals surface area (Å²) in [7, 11) is -0.432. The van der Waals surface area contributed by atoms with Crippen molar-refractivity contribution < 1.29 is 9.31 Å². The van der Waals surface area contributed by atoms with Gasteiger partial charge in [0.25, 0.3) is 0 Å². The summed E-state index contributed by atoms with van der Waals surface area (Å²) in [4.78, 5) is 0. The highest BCUT2D eigenvalue weighted by atomic mass is 16.7. The summed E-state index contributed by atoms with van der Waals surface area (Å²) in [5.41, 5.74) is 2.44. The quantitative estimate of drug-likeness (QED) is 0.784. The molecular formula is C20H21BN2O2. The molecule has 0 unspecified atom stereocenters. The maximum Gasteiger partial charge on any atom is 0.494 e. The molecule has 0 amide bonds. The molecule has 4 rings (SSSR count). The third-order valence-corrected chi connectivity index (χ3v) is 5.55. The Morgan fingerprint density at radius 3 is 2.20 bits per heavy atom. The number of fused-ring (bicyclic) bond motifs is 3. The molecule has 4 nitrogen and oxygen atoms in total. The van der Waals surface area contributed by atoms with Gasteiger partial charge in [-0.15, -0.1) is 0 Å². The molecule has 0 saturated carbocycles. The Balaban J connectivity index is 1.85. The fourth-order valence-electron chi connectivity index (χ4n) is 3.29. The Hall–Kier alpha value is -2.24. The summed E-state index contributed by atoms with van der Waals surface area (Å²) in [6, 6.07) is 10.1. The second-order valence-corrected chi connectivity index (χ2v) is 7.72. The zero-order valence-corrected chi connectivity index (χ0v) is 14.9. The van der Waals surface area contributed by atoms with Crippen LogP contribution in [0.2, 0.25) is 0 Å². The molecule has 0 atom stereocenters. The van der Waals surface area contributed by atoms with Crippen LogP contribution < -0.4 is 5.46 Å². The fourth-order valence-corrected chi connectivity index (χ4v) is 3.29. The van der Waals surface area contributed by atoms with Crippen molar-refractivity contribution in [1.29, 1.82) is 10.8 Å². The molecule has 1 aliphatic carbocycles. The van der Waals surface area contributed by atoms with E-state index in [0.717, 1.165) is 27.4 Å². The Kier molecular flexibility index (Phi) is 3.33. The van der Waals surface area contributed by atoms with Crippen molar-refractivity contribution in [1.82, 2.24) is 0 Å². The van der Waals surface area contributed by atoms with Crippen molar-refractivity contribution in [3.8, 4) is 0 Å². The van der Waals surface area contributed by atoms with E-state index in [1.165, 1.54) is 0 Å². The zero-order valence-electron chi connectivity index (χ0n) is 14.9. The number of hydrogen-bond donors (Lipinski definition) is 2. The second-order valence-electron chi connectivity index (χ2n) is 7.72. The van der Waals surface area contributed by atoms with E-state index in [9.17, 15) is 0 Å². The number of hydrogen-bond acceptors (Lipinski definition) is 4. The molecule has 1 fully saturated rings. The molecule has 2 aromatic rings. The van der Waals surface area contributed by atoms with Gasteiger partial charge in [0.2, 0.25) is 0 Å². The first-order chi connectivity index (χ1) is 11.7. The smallest absolute Gasteiger partial charge is 0.399 e. The van der Waals surface area contributed by atoms with Gasteiger partial charge in [-0.25, -0.2) is 0 Å². The highest BCUT2D eigenvalue weighted by Gasteiger charge is 2.51. The number of rotatable bonds is 1. The Morgan fingerprint density at radius 2 is 1.52 bits per heavy atom. The molecule has 126 valence electrons. The van der Waals surface area contributed by atoms with Crippen LogP contribution >= 0.6 is 0 Å². The predicted molar refractivity (Wildman–Crippen MR) is 103 cm³/mol. The second kappa shape index (κ2) is 5.13. The van der Waals surface area contributed by atoms with Crippen molar-refractivity contribution in [3.05, 3.63) is 47.5 Å². The summed E-state index contributed by atoms with van der Waals surface area (Å²) in [5, 5.41) is 18.3. The third kappa shape index (κ3) is 2.38. The van der Waals surface area contributed by atoms with E-state index in [-0.39, 0.29) is 22.6 Å². The lowest BCUT2D eigenvalue weighted by molar-refractivity contribution is 0.00578. The van der Waals surface area contributed by atoms with Crippen LogP contribution in [0, 0.1) is 10.8 Å². The Bertz CT molecular complexity index is 944. The number of benzene rings is 2. The topological polar surface area (TPSA) is 66.2 Å². The Labute approximate surface area is 148 Å². The minimum absolute atomic E-state index is 0.237. The maximum atomic E-state index is 8.33. The van der Waals surface area contributed by atoms with Gasteiger partial charge < -0.3 is 9.31 Å². The molecule has 2 N–H and O–H groups in total. The first-order valence-corrected chi connectivity index (χ1v) is 8.48. The van der Waals surface area contributed by atoms with Gasteiger partial charge in [0.1, 0.15) is 0 Å². The van der Waals surface area contributed by atoms with Crippen molar-refractivity contribution in [2.75, 3.05) is 0 Å². The van der Waals surface area contributed by atoms with Gasteiger partial charge in [0, 0.05) is 5.56 Å². The molecule has 2 aromatic carbocycles. The molecular weight excluding hydrogens is 311 g/mol. The largest absolute Gasteiger partial charge is 0.494 e. The van der Waals surface area contributed by atoms with E-state index in [2.05, 4.69) is 6.07 Å². The molecule has 2 aliphatic rings. The van der Waals surface area contributed by atoms with Crippen LogP contribution in [0.3, 0.4) is 0 Å². The van der Waals surface area contributed by atoms with Crippen LogP contribution in [0.4, 0.5) is 0 Å². The monoisotopic (exact) mass is 332 g/mol. The first-order valence-electron chi connectivity index (χ1n) is 8.48. The summed E-state index contributed by atoms with van der Waals surface area (Å²) in [5.74, 6) is 0.